The normalized spacial score (nSPS) is 24.2. The maximum Gasteiger partial charge on any atom is 0.389 e. The van der Waals surface area contributed by atoms with E-state index in [0.29, 0.717) is 11.4 Å². The topological polar surface area (TPSA) is 42.5 Å². The van der Waals surface area contributed by atoms with E-state index in [9.17, 15) is 13.2 Å². The van der Waals surface area contributed by atoms with E-state index in [4.69, 9.17) is 11.6 Å². The van der Waals surface area contributed by atoms with E-state index in [-0.39, 0.29) is 0 Å². The minimum atomic E-state index is -4.27. The Morgan fingerprint density at radius 3 is 2.67 bits per heavy atom. The number of aliphatic imine (C=N–C) groups is 2. The van der Waals surface area contributed by atoms with E-state index in [0.717, 1.165) is 0 Å². The summed E-state index contributed by atoms with van der Waals surface area (Å²) < 4.78 is 38.3. The Balaban J connectivity index is 2.12. The van der Waals surface area contributed by atoms with Crippen LogP contribution in [0.2, 0.25) is 0 Å². The second-order valence-electron chi connectivity index (χ2n) is 3.99. The second-order valence-corrected chi connectivity index (χ2v) is 4.44. The quantitative estimate of drug-likeness (QED) is 0.605. The second kappa shape index (κ2) is 4.72. The Labute approximate surface area is 106 Å². The molecule has 0 aromatic carbocycles. The van der Waals surface area contributed by atoms with Crippen LogP contribution in [0.15, 0.2) is 22.4 Å². The number of alkyl halides is 4. The minimum Gasteiger partial charge on any atom is -0.275 e. The Bertz CT molecular complexity index is 492. The largest absolute Gasteiger partial charge is 0.389 e. The molecule has 8 heteroatoms. The molecule has 4 nitrogen and oxygen atoms in total. The summed E-state index contributed by atoms with van der Waals surface area (Å²) in [5.41, 5.74) is -0.329. The SMILES string of the molecule is Cn1cc(C2=NC(Cl)C(CC(F)(F)F)C=N2)cn1. The molecule has 0 N–H and O–H groups in total. The molecule has 1 aromatic heterocycles. The van der Waals surface area contributed by atoms with Gasteiger partial charge in [-0.3, -0.25) is 4.68 Å². The standard InChI is InChI=1S/C10H10ClF3N4/c1-18-5-7(4-16-18)9-15-3-6(8(11)17-9)2-10(12,13)14/h3-6,8H,2H2,1H3. The summed E-state index contributed by atoms with van der Waals surface area (Å²) in [6, 6.07) is 0. The Hall–Kier alpha value is -1.37. The number of aromatic nitrogens is 2. The molecule has 98 valence electrons. The van der Waals surface area contributed by atoms with Crippen LogP contribution in [0, 0.1) is 5.92 Å². The van der Waals surface area contributed by atoms with Gasteiger partial charge in [0.15, 0.2) is 5.84 Å². The molecule has 2 unspecified atom stereocenters. The summed E-state index contributed by atoms with van der Waals surface area (Å²) in [7, 11) is 1.72. The zero-order valence-electron chi connectivity index (χ0n) is 9.39. The molecule has 0 radical (unpaired) electrons. The van der Waals surface area contributed by atoms with Crippen LogP contribution < -0.4 is 0 Å². The molecule has 2 rings (SSSR count). The van der Waals surface area contributed by atoms with Gasteiger partial charge in [0.05, 0.1) is 18.2 Å². The summed E-state index contributed by atoms with van der Waals surface area (Å²) >= 11 is 5.83. The molecule has 0 bridgehead atoms. The molecule has 2 heterocycles. The zero-order valence-corrected chi connectivity index (χ0v) is 10.2. The molecule has 0 amide bonds. The number of rotatable bonds is 2. The first-order valence-corrected chi connectivity index (χ1v) is 5.60. The van der Waals surface area contributed by atoms with Gasteiger partial charge >= 0.3 is 6.18 Å². The average Bonchev–Trinajstić information content (AvgIpc) is 2.66. The Morgan fingerprint density at radius 2 is 2.17 bits per heavy atom. The van der Waals surface area contributed by atoms with Crippen molar-refractivity contribution in [3.8, 4) is 0 Å². The molecule has 1 aliphatic heterocycles. The van der Waals surface area contributed by atoms with Gasteiger partial charge in [-0.25, -0.2) is 9.98 Å². The fraction of sp³-hybridized carbons (Fsp3) is 0.500. The molecular formula is C10H10ClF3N4. The molecule has 0 saturated heterocycles. The first kappa shape index (κ1) is 13.1. The van der Waals surface area contributed by atoms with E-state index in [2.05, 4.69) is 15.1 Å². The highest BCUT2D eigenvalue weighted by Gasteiger charge is 2.35. The third-order valence-corrected chi connectivity index (χ3v) is 2.84. The van der Waals surface area contributed by atoms with Crippen molar-refractivity contribution in [1.29, 1.82) is 0 Å². The summed E-state index contributed by atoms with van der Waals surface area (Å²) in [5.74, 6) is -0.617. The predicted octanol–water partition coefficient (Wildman–Crippen LogP) is 2.38. The van der Waals surface area contributed by atoms with Crippen molar-refractivity contribution in [2.24, 2.45) is 23.0 Å². The van der Waals surface area contributed by atoms with Crippen molar-refractivity contribution in [2.75, 3.05) is 0 Å². The molecular weight excluding hydrogens is 269 g/mol. The van der Waals surface area contributed by atoms with Crippen molar-refractivity contribution >= 4 is 23.7 Å². The Kier molecular flexibility index (Phi) is 3.43. The van der Waals surface area contributed by atoms with Crippen LogP contribution in [0.1, 0.15) is 12.0 Å². The van der Waals surface area contributed by atoms with Crippen molar-refractivity contribution in [3.63, 3.8) is 0 Å². The molecule has 1 aromatic rings. The molecule has 18 heavy (non-hydrogen) atoms. The summed E-state index contributed by atoms with van der Waals surface area (Å²) in [4.78, 5) is 7.88. The summed E-state index contributed by atoms with van der Waals surface area (Å²) in [6.07, 6.45) is -0.881. The lowest BCUT2D eigenvalue weighted by molar-refractivity contribution is -0.139. The Morgan fingerprint density at radius 1 is 1.44 bits per heavy atom. The van der Waals surface area contributed by atoms with Crippen LogP contribution in [0.3, 0.4) is 0 Å². The van der Waals surface area contributed by atoms with Gasteiger partial charge in [0.25, 0.3) is 0 Å². The van der Waals surface area contributed by atoms with Crippen LogP contribution in [-0.4, -0.2) is 33.5 Å². The van der Waals surface area contributed by atoms with Crippen molar-refractivity contribution < 1.29 is 13.2 Å². The first-order chi connectivity index (χ1) is 8.35. The number of hydrogen-bond acceptors (Lipinski definition) is 3. The molecule has 0 spiro atoms. The maximum atomic E-state index is 12.3. The van der Waals surface area contributed by atoms with E-state index >= 15 is 0 Å². The average molecular weight is 279 g/mol. The smallest absolute Gasteiger partial charge is 0.275 e. The lowest BCUT2D eigenvalue weighted by atomic mass is 10.1. The fourth-order valence-corrected chi connectivity index (χ4v) is 1.83. The van der Waals surface area contributed by atoms with E-state index in [1.807, 2.05) is 0 Å². The lowest BCUT2D eigenvalue weighted by Crippen LogP contribution is -2.27. The number of amidine groups is 1. The van der Waals surface area contributed by atoms with Crippen LogP contribution in [0.25, 0.3) is 0 Å². The zero-order chi connectivity index (χ0) is 13.3. The molecule has 2 atom stereocenters. The molecule has 0 fully saturated rings. The maximum absolute atomic E-state index is 12.3. The van der Waals surface area contributed by atoms with Crippen molar-refractivity contribution in [1.82, 2.24) is 9.78 Å². The number of halogens is 4. The third-order valence-electron chi connectivity index (χ3n) is 2.42. The highest BCUT2D eigenvalue weighted by Crippen LogP contribution is 2.30. The monoisotopic (exact) mass is 278 g/mol. The molecule has 1 aliphatic rings. The van der Waals surface area contributed by atoms with E-state index < -0.39 is 24.0 Å². The van der Waals surface area contributed by atoms with E-state index in [1.54, 1.807) is 17.9 Å². The van der Waals surface area contributed by atoms with Gasteiger partial charge < -0.3 is 0 Å². The fourth-order valence-electron chi connectivity index (χ4n) is 1.59. The van der Waals surface area contributed by atoms with Gasteiger partial charge in [-0.1, -0.05) is 11.6 Å². The first-order valence-electron chi connectivity index (χ1n) is 5.17. The van der Waals surface area contributed by atoms with Crippen LogP contribution in [-0.2, 0) is 7.05 Å². The van der Waals surface area contributed by atoms with Gasteiger partial charge in [0.1, 0.15) is 5.50 Å². The van der Waals surface area contributed by atoms with Crippen LogP contribution in [0.4, 0.5) is 13.2 Å². The van der Waals surface area contributed by atoms with Gasteiger partial charge in [-0.2, -0.15) is 18.3 Å². The highest BCUT2D eigenvalue weighted by molar-refractivity contribution is 6.23. The number of aryl methyl sites for hydroxylation is 1. The van der Waals surface area contributed by atoms with Gasteiger partial charge in [-0.15, -0.1) is 0 Å². The van der Waals surface area contributed by atoms with E-state index in [1.165, 1.54) is 12.4 Å². The van der Waals surface area contributed by atoms with Gasteiger partial charge in [-0.05, 0) is 0 Å². The summed E-state index contributed by atoms with van der Waals surface area (Å²) in [5, 5.41) is 3.93. The summed E-state index contributed by atoms with van der Waals surface area (Å²) in [6.45, 7) is 0. The molecule has 0 saturated carbocycles. The van der Waals surface area contributed by atoms with Gasteiger partial charge in [0.2, 0.25) is 0 Å². The van der Waals surface area contributed by atoms with Crippen molar-refractivity contribution in [3.05, 3.63) is 18.0 Å². The minimum absolute atomic E-state index is 0.307. The number of nitrogens with zero attached hydrogens (tertiary/aromatic N) is 4. The predicted molar refractivity (Wildman–Crippen MR) is 62.0 cm³/mol. The molecule has 0 aliphatic carbocycles. The van der Waals surface area contributed by atoms with Crippen LogP contribution >= 0.6 is 11.6 Å². The number of hydrogen-bond donors (Lipinski definition) is 0. The van der Waals surface area contributed by atoms with Gasteiger partial charge in [0, 0.05) is 25.4 Å². The third kappa shape index (κ3) is 3.10. The highest BCUT2D eigenvalue weighted by atomic mass is 35.5. The lowest BCUT2D eigenvalue weighted by Gasteiger charge is -2.20. The van der Waals surface area contributed by atoms with Crippen LogP contribution in [0.5, 0.6) is 0 Å². The van der Waals surface area contributed by atoms with Crippen molar-refractivity contribution in [2.45, 2.75) is 18.1 Å².